The van der Waals surface area contributed by atoms with Crippen molar-refractivity contribution in [1.82, 2.24) is 4.98 Å². The molecular formula is C16H17ClN2O2. The van der Waals surface area contributed by atoms with E-state index in [2.05, 4.69) is 10.3 Å². The van der Waals surface area contributed by atoms with Gasteiger partial charge in [-0.1, -0.05) is 11.6 Å². The Balaban J connectivity index is 1.95. The van der Waals surface area contributed by atoms with Gasteiger partial charge >= 0.3 is 0 Å². The number of benzene rings is 1. The van der Waals surface area contributed by atoms with Crippen molar-refractivity contribution >= 4 is 23.3 Å². The SMILES string of the molecule is Cc1cc(C)nc(NC(=O)COc2ccc(Cl)cc2C)c1. The normalized spacial score (nSPS) is 10.3. The first-order valence-electron chi connectivity index (χ1n) is 6.58. The van der Waals surface area contributed by atoms with Crippen LogP contribution < -0.4 is 10.1 Å². The lowest BCUT2D eigenvalue weighted by molar-refractivity contribution is -0.118. The van der Waals surface area contributed by atoms with Crippen LogP contribution in [-0.2, 0) is 4.79 Å². The quantitative estimate of drug-likeness (QED) is 0.937. The standard InChI is InChI=1S/C16H17ClN2O2/c1-10-6-12(3)18-15(7-10)19-16(20)9-21-14-5-4-13(17)8-11(14)2/h4-8H,9H2,1-3H3,(H,18,19,20). The minimum absolute atomic E-state index is 0.0723. The number of halogens is 1. The Morgan fingerprint density at radius 3 is 2.67 bits per heavy atom. The number of hydrogen-bond donors (Lipinski definition) is 1. The van der Waals surface area contributed by atoms with Crippen molar-refractivity contribution in [3.05, 3.63) is 52.2 Å². The molecule has 0 saturated heterocycles. The van der Waals surface area contributed by atoms with E-state index in [1.165, 1.54) is 0 Å². The highest BCUT2D eigenvalue weighted by Gasteiger charge is 2.07. The predicted octanol–water partition coefficient (Wildman–Crippen LogP) is 3.68. The average Bonchev–Trinajstić information content (AvgIpc) is 2.36. The van der Waals surface area contributed by atoms with Crippen LogP contribution >= 0.6 is 11.6 Å². The second-order valence-corrected chi connectivity index (χ2v) is 5.35. The molecule has 0 bridgehead atoms. The highest BCUT2D eigenvalue weighted by molar-refractivity contribution is 6.30. The number of amides is 1. The second-order valence-electron chi connectivity index (χ2n) is 4.92. The average molecular weight is 305 g/mol. The van der Waals surface area contributed by atoms with Gasteiger partial charge in [-0.05, 0) is 62.2 Å². The van der Waals surface area contributed by atoms with Crippen LogP contribution in [0.25, 0.3) is 0 Å². The third-order valence-corrected chi connectivity index (χ3v) is 3.10. The predicted molar refractivity (Wildman–Crippen MR) is 84.0 cm³/mol. The molecule has 0 aliphatic rings. The van der Waals surface area contributed by atoms with Gasteiger partial charge in [0.2, 0.25) is 0 Å². The van der Waals surface area contributed by atoms with Gasteiger partial charge < -0.3 is 10.1 Å². The summed E-state index contributed by atoms with van der Waals surface area (Å²) in [6.07, 6.45) is 0. The van der Waals surface area contributed by atoms with Gasteiger partial charge in [0.05, 0.1) is 0 Å². The molecule has 0 atom stereocenters. The second kappa shape index (κ2) is 6.59. The monoisotopic (exact) mass is 304 g/mol. The number of carbonyl (C=O) groups excluding carboxylic acids is 1. The van der Waals surface area contributed by atoms with E-state index >= 15 is 0 Å². The smallest absolute Gasteiger partial charge is 0.263 e. The molecule has 0 spiro atoms. The van der Waals surface area contributed by atoms with Gasteiger partial charge in [0, 0.05) is 10.7 Å². The molecule has 1 amide bonds. The molecule has 1 aromatic heterocycles. The Labute approximate surface area is 129 Å². The fourth-order valence-electron chi connectivity index (χ4n) is 2.00. The molecule has 110 valence electrons. The zero-order valence-electron chi connectivity index (χ0n) is 12.2. The number of pyridine rings is 1. The Morgan fingerprint density at radius 2 is 2.00 bits per heavy atom. The van der Waals surface area contributed by atoms with Crippen LogP contribution in [0.5, 0.6) is 5.75 Å². The number of aryl methyl sites for hydroxylation is 3. The maximum atomic E-state index is 11.9. The van der Waals surface area contributed by atoms with Crippen LogP contribution in [-0.4, -0.2) is 17.5 Å². The van der Waals surface area contributed by atoms with Gasteiger partial charge in [0.25, 0.3) is 5.91 Å². The third kappa shape index (κ3) is 4.46. The molecule has 0 unspecified atom stereocenters. The van der Waals surface area contributed by atoms with Crippen LogP contribution in [0.4, 0.5) is 5.82 Å². The topological polar surface area (TPSA) is 51.2 Å². The molecule has 0 fully saturated rings. The van der Waals surface area contributed by atoms with Gasteiger partial charge in [-0.2, -0.15) is 0 Å². The summed E-state index contributed by atoms with van der Waals surface area (Å²) in [5.74, 6) is 0.929. The van der Waals surface area contributed by atoms with Gasteiger partial charge in [0.15, 0.2) is 6.61 Å². The van der Waals surface area contributed by atoms with Gasteiger partial charge in [0.1, 0.15) is 11.6 Å². The van der Waals surface area contributed by atoms with Crippen LogP contribution in [0.15, 0.2) is 30.3 Å². The lowest BCUT2D eigenvalue weighted by Gasteiger charge is -2.10. The van der Waals surface area contributed by atoms with Crippen molar-refractivity contribution in [2.24, 2.45) is 0 Å². The van der Waals surface area contributed by atoms with Gasteiger partial charge in [-0.3, -0.25) is 4.79 Å². The maximum absolute atomic E-state index is 11.9. The summed E-state index contributed by atoms with van der Waals surface area (Å²) in [4.78, 5) is 16.1. The molecule has 1 aromatic carbocycles. The van der Waals surface area contributed by atoms with E-state index in [1.807, 2.05) is 32.9 Å². The van der Waals surface area contributed by atoms with Crippen molar-refractivity contribution in [3.8, 4) is 5.75 Å². The summed E-state index contributed by atoms with van der Waals surface area (Å²) < 4.78 is 5.49. The fourth-order valence-corrected chi connectivity index (χ4v) is 2.23. The highest BCUT2D eigenvalue weighted by Crippen LogP contribution is 2.21. The Hall–Kier alpha value is -2.07. The van der Waals surface area contributed by atoms with E-state index in [1.54, 1.807) is 18.2 Å². The summed E-state index contributed by atoms with van der Waals surface area (Å²) in [7, 11) is 0. The minimum Gasteiger partial charge on any atom is -0.483 e. The molecule has 2 rings (SSSR count). The number of aromatic nitrogens is 1. The zero-order chi connectivity index (χ0) is 15.4. The summed E-state index contributed by atoms with van der Waals surface area (Å²) >= 11 is 5.87. The van der Waals surface area contributed by atoms with Crippen LogP contribution in [0, 0.1) is 20.8 Å². The lowest BCUT2D eigenvalue weighted by atomic mass is 10.2. The van der Waals surface area contributed by atoms with E-state index in [4.69, 9.17) is 16.3 Å². The van der Waals surface area contributed by atoms with E-state index < -0.39 is 0 Å². The van der Waals surface area contributed by atoms with Crippen molar-refractivity contribution < 1.29 is 9.53 Å². The first kappa shape index (κ1) is 15.3. The Morgan fingerprint density at radius 1 is 1.24 bits per heavy atom. The Bertz CT molecular complexity index is 651. The van der Waals surface area contributed by atoms with Gasteiger partial charge in [-0.25, -0.2) is 4.98 Å². The molecule has 21 heavy (non-hydrogen) atoms. The van der Waals surface area contributed by atoms with Crippen LogP contribution in [0.2, 0.25) is 5.02 Å². The van der Waals surface area contributed by atoms with Crippen molar-refractivity contribution in [1.29, 1.82) is 0 Å². The number of carbonyl (C=O) groups is 1. The maximum Gasteiger partial charge on any atom is 0.263 e. The van der Waals surface area contributed by atoms with E-state index in [9.17, 15) is 4.79 Å². The first-order valence-corrected chi connectivity index (χ1v) is 6.96. The molecule has 4 nitrogen and oxygen atoms in total. The molecule has 1 heterocycles. The van der Waals surface area contributed by atoms with Crippen molar-refractivity contribution in [3.63, 3.8) is 0 Å². The first-order chi connectivity index (χ1) is 9.94. The van der Waals surface area contributed by atoms with Crippen molar-refractivity contribution in [2.75, 3.05) is 11.9 Å². The minimum atomic E-state index is -0.248. The van der Waals surface area contributed by atoms with E-state index in [0.29, 0.717) is 16.6 Å². The zero-order valence-corrected chi connectivity index (χ0v) is 13.0. The molecule has 0 saturated carbocycles. The highest BCUT2D eigenvalue weighted by atomic mass is 35.5. The molecule has 1 N–H and O–H groups in total. The number of anilines is 1. The van der Waals surface area contributed by atoms with E-state index in [-0.39, 0.29) is 12.5 Å². The number of nitrogens with zero attached hydrogens (tertiary/aromatic N) is 1. The molecular weight excluding hydrogens is 288 g/mol. The molecule has 2 aromatic rings. The number of nitrogens with one attached hydrogen (secondary N) is 1. The summed E-state index contributed by atoms with van der Waals surface area (Å²) in [5, 5.41) is 3.37. The fraction of sp³-hybridized carbons (Fsp3) is 0.250. The summed E-state index contributed by atoms with van der Waals surface area (Å²) in [6, 6.07) is 9.04. The van der Waals surface area contributed by atoms with Gasteiger partial charge in [-0.15, -0.1) is 0 Å². The number of hydrogen-bond acceptors (Lipinski definition) is 3. The van der Waals surface area contributed by atoms with Crippen LogP contribution in [0.1, 0.15) is 16.8 Å². The molecule has 0 aliphatic heterocycles. The third-order valence-electron chi connectivity index (χ3n) is 2.86. The molecule has 0 radical (unpaired) electrons. The lowest BCUT2D eigenvalue weighted by Crippen LogP contribution is -2.21. The van der Waals surface area contributed by atoms with Crippen molar-refractivity contribution in [2.45, 2.75) is 20.8 Å². The molecule has 5 heteroatoms. The largest absolute Gasteiger partial charge is 0.483 e. The van der Waals surface area contributed by atoms with Crippen LogP contribution in [0.3, 0.4) is 0 Å². The summed E-state index contributed by atoms with van der Waals surface area (Å²) in [6.45, 7) is 5.65. The number of rotatable bonds is 4. The van der Waals surface area contributed by atoms with E-state index in [0.717, 1.165) is 16.8 Å². The Kier molecular flexibility index (Phi) is 4.81. The summed E-state index contributed by atoms with van der Waals surface area (Å²) in [5.41, 5.74) is 2.80. The number of ether oxygens (including phenoxy) is 1. The molecule has 0 aliphatic carbocycles.